The summed E-state index contributed by atoms with van der Waals surface area (Å²) < 4.78 is 11.1. The molecule has 0 aliphatic heterocycles. The van der Waals surface area contributed by atoms with Gasteiger partial charge in [0.15, 0.2) is 0 Å². The van der Waals surface area contributed by atoms with Gasteiger partial charge in [-0.2, -0.15) is 5.26 Å². The number of benzene rings is 1. The summed E-state index contributed by atoms with van der Waals surface area (Å²) in [5.74, 6) is 1.59. The Morgan fingerprint density at radius 2 is 2.26 bits per heavy atom. The van der Waals surface area contributed by atoms with Gasteiger partial charge in [-0.1, -0.05) is 13.0 Å². The Morgan fingerprint density at radius 3 is 2.95 bits per heavy atom. The fraction of sp³-hybridized carbons (Fsp3) is 0.533. The van der Waals surface area contributed by atoms with E-state index in [1.165, 1.54) is 0 Å². The predicted molar refractivity (Wildman–Crippen MR) is 73.3 cm³/mol. The number of ether oxygens (including phenoxy) is 2. The normalized spacial score (nSPS) is 25.8. The maximum atomic E-state index is 9.33. The van der Waals surface area contributed by atoms with E-state index in [0.29, 0.717) is 0 Å². The summed E-state index contributed by atoms with van der Waals surface area (Å²) in [7, 11) is 1.64. The largest absolute Gasteiger partial charge is 0.497 e. The molecular formula is C15H20N2O2. The molecule has 2 rings (SSSR count). The molecule has 0 amide bonds. The molecule has 0 radical (unpaired) electrons. The van der Waals surface area contributed by atoms with Crippen LogP contribution in [0.3, 0.4) is 0 Å². The Kier molecular flexibility index (Phi) is 4.28. The van der Waals surface area contributed by atoms with Crippen LogP contribution in [-0.2, 0) is 0 Å². The van der Waals surface area contributed by atoms with Crippen molar-refractivity contribution in [1.29, 1.82) is 5.26 Å². The van der Waals surface area contributed by atoms with E-state index in [-0.39, 0.29) is 6.10 Å². The number of rotatable bonds is 5. The molecular weight excluding hydrogens is 240 g/mol. The van der Waals surface area contributed by atoms with Crippen LogP contribution in [-0.4, -0.2) is 25.3 Å². The Bertz CT molecular complexity index is 469. The smallest absolute Gasteiger partial charge is 0.123 e. The van der Waals surface area contributed by atoms with Crippen LogP contribution in [0.2, 0.25) is 0 Å². The molecule has 1 saturated carbocycles. The van der Waals surface area contributed by atoms with Crippen molar-refractivity contribution in [3.63, 3.8) is 0 Å². The lowest BCUT2D eigenvalue weighted by atomic mass is 10.00. The standard InChI is InChI=1S/C15H20N2O2/c1-3-17-15(11-16)8-7-14(10-15)19-13-6-4-5-12(9-13)18-2/h4-6,9,14,17H,3,7-8,10H2,1-2H3. The molecule has 1 aliphatic rings. The molecule has 0 aromatic heterocycles. The van der Waals surface area contributed by atoms with Crippen molar-refractivity contribution in [3.05, 3.63) is 24.3 Å². The topological polar surface area (TPSA) is 54.3 Å². The van der Waals surface area contributed by atoms with Gasteiger partial charge in [-0.05, 0) is 31.5 Å². The van der Waals surface area contributed by atoms with Crippen LogP contribution in [0.1, 0.15) is 26.2 Å². The Labute approximate surface area is 114 Å². The van der Waals surface area contributed by atoms with Crippen molar-refractivity contribution in [2.45, 2.75) is 37.8 Å². The maximum Gasteiger partial charge on any atom is 0.123 e. The molecule has 0 saturated heterocycles. The van der Waals surface area contributed by atoms with Gasteiger partial charge in [0, 0.05) is 12.5 Å². The van der Waals surface area contributed by atoms with E-state index in [0.717, 1.165) is 37.3 Å². The summed E-state index contributed by atoms with van der Waals surface area (Å²) >= 11 is 0. The van der Waals surface area contributed by atoms with E-state index in [2.05, 4.69) is 11.4 Å². The zero-order valence-electron chi connectivity index (χ0n) is 11.5. The van der Waals surface area contributed by atoms with Crippen LogP contribution in [0.25, 0.3) is 0 Å². The van der Waals surface area contributed by atoms with Crippen molar-refractivity contribution in [1.82, 2.24) is 5.32 Å². The number of nitrogens with one attached hydrogen (secondary N) is 1. The van der Waals surface area contributed by atoms with Gasteiger partial charge < -0.3 is 9.47 Å². The fourth-order valence-electron chi connectivity index (χ4n) is 2.61. The summed E-state index contributed by atoms with van der Waals surface area (Å²) in [5, 5.41) is 12.6. The molecule has 1 aromatic rings. The Balaban J connectivity index is 2.00. The highest BCUT2D eigenvalue weighted by Crippen LogP contribution is 2.33. The molecule has 102 valence electrons. The lowest BCUT2D eigenvalue weighted by Crippen LogP contribution is -2.42. The molecule has 1 fully saturated rings. The number of nitriles is 1. The highest BCUT2D eigenvalue weighted by Gasteiger charge is 2.39. The first-order valence-electron chi connectivity index (χ1n) is 6.68. The second kappa shape index (κ2) is 5.94. The van der Waals surface area contributed by atoms with Gasteiger partial charge in [-0.25, -0.2) is 0 Å². The van der Waals surface area contributed by atoms with Crippen LogP contribution >= 0.6 is 0 Å². The molecule has 1 aliphatic carbocycles. The van der Waals surface area contributed by atoms with Crippen molar-refractivity contribution < 1.29 is 9.47 Å². The van der Waals surface area contributed by atoms with E-state index in [9.17, 15) is 5.26 Å². The van der Waals surface area contributed by atoms with E-state index in [1.807, 2.05) is 31.2 Å². The summed E-state index contributed by atoms with van der Waals surface area (Å²) in [6.07, 6.45) is 2.56. The average molecular weight is 260 g/mol. The molecule has 0 spiro atoms. The molecule has 4 heteroatoms. The third kappa shape index (κ3) is 3.18. The van der Waals surface area contributed by atoms with E-state index in [4.69, 9.17) is 9.47 Å². The number of methoxy groups -OCH3 is 1. The fourth-order valence-corrected chi connectivity index (χ4v) is 2.61. The second-order valence-corrected chi connectivity index (χ2v) is 4.89. The van der Waals surface area contributed by atoms with Gasteiger partial charge in [0.2, 0.25) is 0 Å². The van der Waals surface area contributed by atoms with Crippen molar-refractivity contribution in [2.24, 2.45) is 0 Å². The zero-order chi connectivity index (χ0) is 13.7. The predicted octanol–water partition coefficient (Wildman–Crippen LogP) is 2.50. The van der Waals surface area contributed by atoms with Crippen molar-refractivity contribution in [3.8, 4) is 17.6 Å². The Morgan fingerprint density at radius 1 is 1.47 bits per heavy atom. The first-order chi connectivity index (χ1) is 9.21. The van der Waals surface area contributed by atoms with Gasteiger partial charge in [-0.3, -0.25) is 5.32 Å². The van der Waals surface area contributed by atoms with Crippen LogP contribution < -0.4 is 14.8 Å². The van der Waals surface area contributed by atoms with Crippen LogP contribution in [0.15, 0.2) is 24.3 Å². The minimum Gasteiger partial charge on any atom is -0.497 e. The first kappa shape index (κ1) is 13.7. The summed E-state index contributed by atoms with van der Waals surface area (Å²) in [6.45, 7) is 2.83. The first-order valence-corrected chi connectivity index (χ1v) is 6.68. The van der Waals surface area contributed by atoms with Gasteiger partial charge in [0.1, 0.15) is 23.1 Å². The lowest BCUT2D eigenvalue weighted by molar-refractivity contribution is 0.200. The number of hydrogen-bond donors (Lipinski definition) is 1. The van der Waals surface area contributed by atoms with Crippen molar-refractivity contribution >= 4 is 0 Å². The quantitative estimate of drug-likeness (QED) is 0.883. The van der Waals surface area contributed by atoms with Gasteiger partial charge in [0.05, 0.1) is 13.2 Å². The third-order valence-electron chi connectivity index (χ3n) is 3.54. The SMILES string of the molecule is CCNC1(C#N)CCC(Oc2cccc(OC)c2)C1. The molecule has 2 atom stereocenters. The molecule has 0 bridgehead atoms. The third-order valence-corrected chi connectivity index (χ3v) is 3.54. The molecule has 1 aromatic carbocycles. The van der Waals surface area contributed by atoms with E-state index < -0.39 is 5.54 Å². The minimum absolute atomic E-state index is 0.0887. The highest BCUT2D eigenvalue weighted by atomic mass is 16.5. The van der Waals surface area contributed by atoms with Gasteiger partial charge >= 0.3 is 0 Å². The molecule has 1 N–H and O–H groups in total. The molecule has 2 unspecified atom stereocenters. The molecule has 0 heterocycles. The summed E-state index contributed by atoms with van der Waals surface area (Å²) in [6, 6.07) is 9.99. The summed E-state index contributed by atoms with van der Waals surface area (Å²) in [5.41, 5.74) is -0.418. The van der Waals surface area contributed by atoms with Gasteiger partial charge in [0.25, 0.3) is 0 Å². The number of hydrogen-bond acceptors (Lipinski definition) is 4. The van der Waals surface area contributed by atoms with E-state index >= 15 is 0 Å². The van der Waals surface area contributed by atoms with Crippen LogP contribution in [0, 0.1) is 11.3 Å². The molecule has 19 heavy (non-hydrogen) atoms. The minimum atomic E-state index is -0.418. The second-order valence-electron chi connectivity index (χ2n) is 4.89. The van der Waals surface area contributed by atoms with Crippen LogP contribution in [0.5, 0.6) is 11.5 Å². The maximum absolute atomic E-state index is 9.33. The lowest BCUT2D eigenvalue weighted by Gasteiger charge is -2.22. The number of nitrogens with zero attached hydrogens (tertiary/aromatic N) is 1. The molecule has 4 nitrogen and oxygen atoms in total. The monoisotopic (exact) mass is 260 g/mol. The van der Waals surface area contributed by atoms with E-state index in [1.54, 1.807) is 7.11 Å². The van der Waals surface area contributed by atoms with Crippen LogP contribution in [0.4, 0.5) is 0 Å². The zero-order valence-corrected chi connectivity index (χ0v) is 11.5. The van der Waals surface area contributed by atoms with Crippen molar-refractivity contribution in [2.75, 3.05) is 13.7 Å². The highest BCUT2D eigenvalue weighted by molar-refractivity contribution is 5.33. The summed E-state index contributed by atoms with van der Waals surface area (Å²) in [4.78, 5) is 0. The van der Waals surface area contributed by atoms with Gasteiger partial charge in [-0.15, -0.1) is 0 Å². The Hall–Kier alpha value is -1.73. The average Bonchev–Trinajstić information content (AvgIpc) is 2.83.